The van der Waals surface area contributed by atoms with E-state index in [0.29, 0.717) is 4.99 Å². The van der Waals surface area contributed by atoms with E-state index in [4.69, 9.17) is 34.3 Å². The summed E-state index contributed by atoms with van der Waals surface area (Å²) in [7, 11) is 0. The fraction of sp³-hybridized carbons (Fsp3) is 0.417. The van der Waals surface area contributed by atoms with Crippen LogP contribution in [0.5, 0.6) is 0 Å². The van der Waals surface area contributed by atoms with E-state index in [9.17, 15) is 0 Å². The molecule has 0 amide bonds. The van der Waals surface area contributed by atoms with Crippen molar-refractivity contribution < 1.29 is 4.74 Å². The van der Waals surface area contributed by atoms with Crippen molar-refractivity contribution in [1.29, 1.82) is 0 Å². The predicted molar refractivity (Wildman–Crippen MR) is 73.4 cm³/mol. The predicted octanol–water partition coefficient (Wildman–Crippen LogP) is 2.00. The Kier molecular flexibility index (Phi) is 4.34. The maximum Gasteiger partial charge on any atom is 0.0948 e. The first-order valence-corrected chi connectivity index (χ1v) is 6.33. The van der Waals surface area contributed by atoms with Gasteiger partial charge in [0.25, 0.3) is 0 Å². The molecule has 2 N–H and O–H groups in total. The van der Waals surface area contributed by atoms with Gasteiger partial charge < -0.3 is 10.5 Å². The molecule has 0 aromatic heterocycles. The van der Waals surface area contributed by atoms with E-state index < -0.39 is 0 Å². The number of hydrogen-bond donors (Lipinski definition) is 1. The molecule has 92 valence electrons. The van der Waals surface area contributed by atoms with Gasteiger partial charge in [-0.1, -0.05) is 36.0 Å². The van der Waals surface area contributed by atoms with Crippen LogP contribution in [0.3, 0.4) is 0 Å². The summed E-state index contributed by atoms with van der Waals surface area (Å²) in [5.74, 6) is 0. The Hall–Kier alpha value is -0.680. The highest BCUT2D eigenvalue weighted by Crippen LogP contribution is 2.23. The molecule has 2 rings (SSSR count). The van der Waals surface area contributed by atoms with Gasteiger partial charge in [-0.25, -0.2) is 0 Å². The van der Waals surface area contributed by atoms with Crippen LogP contribution in [0.2, 0.25) is 5.02 Å². The number of hydrogen-bond acceptors (Lipinski definition) is 3. The van der Waals surface area contributed by atoms with Gasteiger partial charge in [0.2, 0.25) is 0 Å². The molecule has 1 saturated heterocycles. The van der Waals surface area contributed by atoms with Gasteiger partial charge in [0, 0.05) is 18.1 Å². The Balaban J connectivity index is 2.21. The number of nitrogens with zero attached hydrogens (tertiary/aromatic N) is 1. The summed E-state index contributed by atoms with van der Waals surface area (Å²) in [5, 5.41) is 0.720. The van der Waals surface area contributed by atoms with Crippen LogP contribution < -0.4 is 5.73 Å². The van der Waals surface area contributed by atoms with Gasteiger partial charge in [-0.3, -0.25) is 4.90 Å². The average Bonchev–Trinajstić information content (AvgIpc) is 2.33. The number of ether oxygens (including phenoxy) is 1. The van der Waals surface area contributed by atoms with E-state index in [1.807, 2.05) is 24.3 Å². The van der Waals surface area contributed by atoms with Crippen molar-refractivity contribution in [3.8, 4) is 0 Å². The molecule has 5 heteroatoms. The largest absolute Gasteiger partial charge is 0.392 e. The summed E-state index contributed by atoms with van der Waals surface area (Å²) in [6.07, 6.45) is 0. The van der Waals surface area contributed by atoms with Crippen LogP contribution >= 0.6 is 23.8 Å². The molecule has 0 saturated carbocycles. The first-order chi connectivity index (χ1) is 8.18. The van der Waals surface area contributed by atoms with Crippen molar-refractivity contribution in [1.82, 2.24) is 4.90 Å². The Labute approximate surface area is 111 Å². The number of morpholine rings is 1. The molecule has 1 atom stereocenters. The van der Waals surface area contributed by atoms with Crippen molar-refractivity contribution in [3.05, 3.63) is 34.9 Å². The van der Waals surface area contributed by atoms with E-state index in [1.54, 1.807) is 0 Å². The van der Waals surface area contributed by atoms with Crippen LogP contribution in [0.1, 0.15) is 11.6 Å². The van der Waals surface area contributed by atoms with E-state index in [0.717, 1.165) is 36.9 Å². The summed E-state index contributed by atoms with van der Waals surface area (Å²) in [6, 6.07) is 7.65. The molecule has 1 fully saturated rings. The van der Waals surface area contributed by atoms with E-state index in [2.05, 4.69) is 4.90 Å². The molecule has 1 aliphatic rings. The van der Waals surface area contributed by atoms with Crippen LogP contribution in [-0.2, 0) is 4.74 Å². The van der Waals surface area contributed by atoms with Crippen LogP contribution in [0.4, 0.5) is 0 Å². The maximum atomic E-state index is 5.88. The number of rotatable bonds is 3. The molecule has 0 unspecified atom stereocenters. The second kappa shape index (κ2) is 5.78. The third kappa shape index (κ3) is 3.16. The highest BCUT2D eigenvalue weighted by atomic mass is 35.5. The van der Waals surface area contributed by atoms with Gasteiger partial charge in [0.1, 0.15) is 0 Å². The van der Waals surface area contributed by atoms with Crippen LogP contribution in [0.15, 0.2) is 24.3 Å². The van der Waals surface area contributed by atoms with Gasteiger partial charge >= 0.3 is 0 Å². The molecular weight excluding hydrogens is 256 g/mol. The molecule has 3 nitrogen and oxygen atoms in total. The number of thiocarbonyl (C=S) groups is 1. The summed E-state index contributed by atoms with van der Waals surface area (Å²) in [6.45, 7) is 3.16. The Morgan fingerprint density at radius 2 is 1.88 bits per heavy atom. The minimum Gasteiger partial charge on any atom is -0.392 e. The lowest BCUT2D eigenvalue weighted by Crippen LogP contribution is -2.43. The Morgan fingerprint density at radius 1 is 1.29 bits per heavy atom. The molecule has 1 heterocycles. The van der Waals surface area contributed by atoms with Crippen LogP contribution in [0, 0.1) is 0 Å². The summed E-state index contributed by atoms with van der Waals surface area (Å²) in [4.78, 5) is 2.74. The minimum absolute atomic E-state index is 0.0221. The zero-order valence-corrected chi connectivity index (χ0v) is 11.0. The number of halogens is 1. The molecule has 1 aromatic carbocycles. The molecule has 17 heavy (non-hydrogen) atoms. The van der Waals surface area contributed by atoms with Gasteiger partial charge in [-0.05, 0) is 17.7 Å². The van der Waals surface area contributed by atoms with Gasteiger partial charge in [0.15, 0.2) is 0 Å². The molecule has 0 aliphatic carbocycles. The summed E-state index contributed by atoms with van der Waals surface area (Å²) >= 11 is 11.1. The lowest BCUT2D eigenvalue weighted by Gasteiger charge is -2.34. The molecule has 1 aliphatic heterocycles. The number of benzene rings is 1. The first-order valence-electron chi connectivity index (χ1n) is 5.55. The molecule has 0 bridgehead atoms. The SMILES string of the molecule is NC(=S)[C@@H](c1ccc(Cl)cc1)N1CCOCC1. The summed E-state index contributed by atoms with van der Waals surface area (Å²) < 4.78 is 5.34. The quantitative estimate of drug-likeness (QED) is 0.853. The van der Waals surface area contributed by atoms with Crippen LogP contribution in [-0.4, -0.2) is 36.2 Å². The zero-order chi connectivity index (χ0) is 12.3. The normalized spacial score (nSPS) is 18.9. The van der Waals surface area contributed by atoms with Crippen molar-refractivity contribution in [3.63, 3.8) is 0 Å². The average molecular weight is 271 g/mol. The lowest BCUT2D eigenvalue weighted by atomic mass is 10.0. The topological polar surface area (TPSA) is 38.5 Å². The second-order valence-electron chi connectivity index (χ2n) is 4.00. The highest BCUT2D eigenvalue weighted by molar-refractivity contribution is 7.80. The van der Waals surface area contributed by atoms with Crippen LogP contribution in [0.25, 0.3) is 0 Å². The van der Waals surface area contributed by atoms with Gasteiger partial charge in [0.05, 0.1) is 24.2 Å². The zero-order valence-electron chi connectivity index (χ0n) is 9.43. The van der Waals surface area contributed by atoms with E-state index in [1.165, 1.54) is 0 Å². The van der Waals surface area contributed by atoms with Crippen molar-refractivity contribution in [2.75, 3.05) is 26.3 Å². The third-order valence-corrected chi connectivity index (χ3v) is 3.34. The third-order valence-electron chi connectivity index (χ3n) is 2.87. The molecule has 0 spiro atoms. The standard InChI is InChI=1S/C12H15ClN2OS/c13-10-3-1-9(2-4-10)11(12(14)17)15-5-7-16-8-6-15/h1-4,11H,5-8H2,(H2,14,17)/t11-/m1/s1. The van der Waals surface area contributed by atoms with Gasteiger partial charge in [-0.2, -0.15) is 0 Å². The minimum atomic E-state index is -0.0221. The lowest BCUT2D eigenvalue weighted by molar-refractivity contribution is 0.0289. The second-order valence-corrected chi connectivity index (χ2v) is 4.91. The maximum absolute atomic E-state index is 5.88. The first kappa shape index (κ1) is 12.8. The number of nitrogens with two attached hydrogens (primary N) is 1. The fourth-order valence-electron chi connectivity index (χ4n) is 2.04. The molecule has 1 aromatic rings. The monoisotopic (exact) mass is 270 g/mol. The fourth-order valence-corrected chi connectivity index (χ4v) is 2.45. The summed E-state index contributed by atoms with van der Waals surface area (Å²) in [5.41, 5.74) is 6.94. The highest BCUT2D eigenvalue weighted by Gasteiger charge is 2.24. The van der Waals surface area contributed by atoms with Crippen molar-refractivity contribution >= 4 is 28.8 Å². The Morgan fingerprint density at radius 3 is 2.41 bits per heavy atom. The van der Waals surface area contributed by atoms with E-state index in [-0.39, 0.29) is 6.04 Å². The van der Waals surface area contributed by atoms with E-state index >= 15 is 0 Å². The van der Waals surface area contributed by atoms with Crippen molar-refractivity contribution in [2.45, 2.75) is 6.04 Å². The van der Waals surface area contributed by atoms with Gasteiger partial charge in [-0.15, -0.1) is 0 Å². The van der Waals surface area contributed by atoms with Crippen molar-refractivity contribution in [2.24, 2.45) is 5.73 Å². The molecular formula is C12H15ClN2OS. The smallest absolute Gasteiger partial charge is 0.0948 e. The molecule has 0 radical (unpaired) electrons. The Bertz CT molecular complexity index is 390.